The summed E-state index contributed by atoms with van der Waals surface area (Å²) in [5.41, 5.74) is 0.773. The van der Waals surface area contributed by atoms with E-state index in [0.717, 1.165) is 12.1 Å². The number of rotatable bonds is 3. The number of benzene rings is 1. The number of aliphatic hydroxyl groups is 1. The fourth-order valence-electron chi connectivity index (χ4n) is 3.23. The van der Waals surface area contributed by atoms with Crippen LogP contribution in [0.15, 0.2) is 30.3 Å². The zero-order valence-corrected chi connectivity index (χ0v) is 11.3. The second kappa shape index (κ2) is 4.90. The molecule has 1 heterocycles. The van der Waals surface area contributed by atoms with Crippen molar-refractivity contribution in [3.8, 4) is 0 Å². The molecular weight excluding hydrogens is 214 g/mol. The summed E-state index contributed by atoms with van der Waals surface area (Å²) >= 11 is 0. The summed E-state index contributed by atoms with van der Waals surface area (Å²) in [4.78, 5) is 0. The van der Waals surface area contributed by atoms with Gasteiger partial charge in [-0.2, -0.15) is 0 Å². The standard InChI is InChI=1S/C13H22BOP/c1-11(15)10-13-8-5-9-16(13,14)12-6-3-2-4-7-12/h2-4,6-7,11,13,15-16H,5,8-10,14H2,1H3/t11-,13+/m0/s1. The van der Waals surface area contributed by atoms with Gasteiger partial charge < -0.3 is 0 Å². The molecule has 0 bridgehead atoms. The predicted octanol–water partition coefficient (Wildman–Crippen LogP) is 1.54. The first kappa shape index (κ1) is 12.1. The summed E-state index contributed by atoms with van der Waals surface area (Å²) in [6.07, 6.45) is 4.93. The van der Waals surface area contributed by atoms with Gasteiger partial charge in [-0.3, -0.25) is 0 Å². The first-order valence-electron chi connectivity index (χ1n) is 6.36. The van der Waals surface area contributed by atoms with E-state index in [0.29, 0.717) is 0 Å². The van der Waals surface area contributed by atoms with Gasteiger partial charge in [0.25, 0.3) is 0 Å². The van der Waals surface area contributed by atoms with E-state index in [-0.39, 0.29) is 6.10 Å². The number of hydrogen-bond acceptors (Lipinski definition) is 1. The molecular formula is C13H22BOP. The van der Waals surface area contributed by atoms with Crippen molar-refractivity contribution in [1.82, 2.24) is 0 Å². The predicted molar refractivity (Wildman–Crippen MR) is 77.1 cm³/mol. The van der Waals surface area contributed by atoms with Gasteiger partial charge in [0, 0.05) is 0 Å². The molecule has 1 fully saturated rings. The third-order valence-corrected chi connectivity index (χ3v) is 9.58. The summed E-state index contributed by atoms with van der Waals surface area (Å²) in [5.74, 6) is 0. The molecule has 1 N–H and O–H groups in total. The van der Waals surface area contributed by atoms with E-state index < -0.39 is 7.14 Å². The summed E-state index contributed by atoms with van der Waals surface area (Å²) in [6, 6.07) is 11.0. The van der Waals surface area contributed by atoms with Gasteiger partial charge in [-0.25, -0.2) is 0 Å². The molecule has 0 saturated carbocycles. The van der Waals surface area contributed by atoms with Crippen molar-refractivity contribution in [2.24, 2.45) is 0 Å². The maximum atomic E-state index is 9.61. The Bertz CT molecular complexity index is 341. The molecule has 2 rings (SSSR count). The van der Waals surface area contributed by atoms with Crippen molar-refractivity contribution in [2.45, 2.75) is 37.9 Å². The quantitative estimate of drug-likeness (QED) is 0.623. The van der Waals surface area contributed by atoms with Gasteiger partial charge in [0.2, 0.25) is 0 Å². The van der Waals surface area contributed by atoms with Crippen LogP contribution in [0, 0.1) is 0 Å². The summed E-state index contributed by atoms with van der Waals surface area (Å²) < 4.78 is 0. The van der Waals surface area contributed by atoms with Crippen molar-refractivity contribution >= 4 is 20.0 Å². The Kier molecular flexibility index (Phi) is 3.72. The van der Waals surface area contributed by atoms with Crippen LogP contribution in [-0.2, 0) is 0 Å². The van der Waals surface area contributed by atoms with E-state index in [1.165, 1.54) is 19.0 Å². The van der Waals surface area contributed by atoms with Gasteiger partial charge in [0.15, 0.2) is 0 Å². The van der Waals surface area contributed by atoms with Gasteiger partial charge in [0.05, 0.1) is 0 Å². The molecule has 3 heteroatoms. The SMILES string of the molecule is B[PH]1(c2ccccc2)CCC[C@@H]1C[C@H](C)O. The molecule has 1 aliphatic rings. The van der Waals surface area contributed by atoms with Crippen LogP contribution >= 0.6 is 7.14 Å². The van der Waals surface area contributed by atoms with Gasteiger partial charge in [0.1, 0.15) is 0 Å². The van der Waals surface area contributed by atoms with E-state index in [2.05, 4.69) is 37.9 Å². The Hall–Kier alpha value is -0.325. The van der Waals surface area contributed by atoms with Crippen LogP contribution in [0.1, 0.15) is 26.2 Å². The number of hydrogen-bond donors (Lipinski definition) is 1. The zero-order chi connectivity index (χ0) is 11.6. The second-order valence-corrected chi connectivity index (χ2v) is 10.2. The minimum atomic E-state index is -1.31. The normalized spacial score (nSPS) is 27.5. The molecule has 1 saturated heterocycles. The van der Waals surface area contributed by atoms with E-state index in [1.54, 1.807) is 5.30 Å². The molecule has 0 unspecified atom stereocenters. The van der Waals surface area contributed by atoms with Crippen molar-refractivity contribution < 1.29 is 5.11 Å². The third-order valence-electron chi connectivity index (χ3n) is 4.21. The van der Waals surface area contributed by atoms with Gasteiger partial charge in [-0.05, 0) is 0 Å². The fraction of sp³-hybridized carbons (Fsp3) is 0.538. The average molecular weight is 236 g/mol. The Morgan fingerprint density at radius 1 is 1.44 bits per heavy atom. The molecule has 0 spiro atoms. The van der Waals surface area contributed by atoms with E-state index >= 15 is 0 Å². The van der Waals surface area contributed by atoms with Crippen LogP contribution in [0.5, 0.6) is 0 Å². The van der Waals surface area contributed by atoms with Gasteiger partial charge in [-0.15, -0.1) is 0 Å². The summed E-state index contributed by atoms with van der Waals surface area (Å²) in [7, 11) is 1.19. The Morgan fingerprint density at radius 2 is 2.12 bits per heavy atom. The van der Waals surface area contributed by atoms with Crippen LogP contribution < -0.4 is 5.30 Å². The molecule has 1 aromatic rings. The molecule has 1 aliphatic heterocycles. The topological polar surface area (TPSA) is 20.2 Å². The molecule has 1 nitrogen and oxygen atoms in total. The van der Waals surface area contributed by atoms with Crippen molar-refractivity contribution in [3.63, 3.8) is 0 Å². The van der Waals surface area contributed by atoms with Crippen LogP contribution in [0.2, 0.25) is 0 Å². The second-order valence-electron chi connectivity index (χ2n) is 5.46. The first-order chi connectivity index (χ1) is 7.63. The first-order valence-corrected chi connectivity index (χ1v) is 9.15. The minimum absolute atomic E-state index is 0.140. The van der Waals surface area contributed by atoms with Crippen molar-refractivity contribution in [3.05, 3.63) is 30.3 Å². The fourth-order valence-corrected chi connectivity index (χ4v) is 7.99. The molecule has 0 aliphatic carbocycles. The van der Waals surface area contributed by atoms with E-state index in [1.807, 2.05) is 6.92 Å². The van der Waals surface area contributed by atoms with E-state index in [4.69, 9.17) is 0 Å². The molecule has 2 atom stereocenters. The Balaban J connectivity index is 2.23. The molecule has 0 amide bonds. The van der Waals surface area contributed by atoms with Gasteiger partial charge >= 0.3 is 99.6 Å². The molecule has 88 valence electrons. The summed E-state index contributed by atoms with van der Waals surface area (Å²) in [5, 5.41) is 11.2. The third kappa shape index (κ3) is 2.33. The molecule has 1 aromatic carbocycles. The van der Waals surface area contributed by atoms with Crippen molar-refractivity contribution in [2.75, 3.05) is 6.16 Å². The average Bonchev–Trinajstić information content (AvgIpc) is 2.62. The van der Waals surface area contributed by atoms with Gasteiger partial charge in [-0.1, -0.05) is 0 Å². The van der Waals surface area contributed by atoms with Crippen LogP contribution in [-0.4, -0.2) is 30.6 Å². The van der Waals surface area contributed by atoms with Crippen LogP contribution in [0.4, 0.5) is 0 Å². The van der Waals surface area contributed by atoms with Crippen LogP contribution in [0.3, 0.4) is 0 Å². The Labute approximate surface area is 100.0 Å². The van der Waals surface area contributed by atoms with Crippen molar-refractivity contribution in [1.29, 1.82) is 0 Å². The molecule has 16 heavy (non-hydrogen) atoms. The number of aliphatic hydroxyl groups excluding tert-OH is 1. The monoisotopic (exact) mass is 236 g/mol. The summed E-state index contributed by atoms with van der Waals surface area (Å²) in [6.45, 7) is 1.93. The maximum absolute atomic E-state index is 9.61. The molecule has 0 radical (unpaired) electrons. The Morgan fingerprint density at radius 3 is 2.75 bits per heavy atom. The zero-order valence-electron chi connectivity index (χ0n) is 10.3. The van der Waals surface area contributed by atoms with E-state index in [9.17, 15) is 5.11 Å². The van der Waals surface area contributed by atoms with Crippen LogP contribution in [0.25, 0.3) is 0 Å². The molecule has 0 aromatic heterocycles.